The Morgan fingerprint density at radius 2 is 1.89 bits per heavy atom. The van der Waals surface area contributed by atoms with Crippen molar-refractivity contribution in [2.24, 2.45) is 0 Å². The number of nitrogens with one attached hydrogen (secondary N) is 1. The number of rotatable bonds is 3. The highest BCUT2D eigenvalue weighted by molar-refractivity contribution is 7.71. The predicted octanol–water partition coefficient (Wildman–Crippen LogP) is 4.32. The Kier molecular flexibility index (Phi) is 3.62. The Morgan fingerprint density at radius 1 is 1.21 bits per heavy atom. The maximum atomic E-state index is 13.6. The first-order valence-electron chi connectivity index (χ1n) is 5.43. The molecule has 1 N–H and O–H groups in total. The van der Waals surface area contributed by atoms with E-state index in [0.29, 0.717) is 0 Å². The van der Waals surface area contributed by atoms with Crippen molar-refractivity contribution in [1.29, 1.82) is 0 Å². The molecule has 0 aliphatic rings. The topological polar surface area (TPSA) is 20.7 Å². The molecule has 2 aromatic rings. The molecular formula is C11H9F5N2S. The molecule has 0 spiro atoms. The minimum Gasteiger partial charge on any atom is -0.330 e. The first-order chi connectivity index (χ1) is 8.79. The van der Waals surface area contributed by atoms with Gasteiger partial charge in [-0.3, -0.25) is 0 Å². The Labute approximate surface area is 109 Å². The summed E-state index contributed by atoms with van der Waals surface area (Å²) in [6.45, 7) is -0.126. The first kappa shape index (κ1) is 14.0. The molecule has 0 saturated carbocycles. The second kappa shape index (κ2) is 4.92. The van der Waals surface area contributed by atoms with Gasteiger partial charge < -0.3 is 9.55 Å². The lowest BCUT2D eigenvalue weighted by Gasteiger charge is -2.08. The summed E-state index contributed by atoms with van der Waals surface area (Å²) in [5.41, 5.74) is 0.128. The number of H-pyrrole nitrogens is 1. The SMILES string of the molecule is Fc1ccc2[nH]c(=S)n(CCCC(F)(F)F)c2c1F. The van der Waals surface area contributed by atoms with Crippen LogP contribution in [0.25, 0.3) is 11.0 Å². The molecule has 2 nitrogen and oxygen atoms in total. The fourth-order valence-corrected chi connectivity index (χ4v) is 2.13. The smallest absolute Gasteiger partial charge is 0.330 e. The zero-order valence-electron chi connectivity index (χ0n) is 9.52. The van der Waals surface area contributed by atoms with Gasteiger partial charge in [-0.15, -0.1) is 0 Å². The monoisotopic (exact) mass is 296 g/mol. The number of hydrogen-bond acceptors (Lipinski definition) is 1. The van der Waals surface area contributed by atoms with Crippen molar-refractivity contribution in [3.8, 4) is 0 Å². The van der Waals surface area contributed by atoms with Crippen LogP contribution in [0, 0.1) is 16.4 Å². The van der Waals surface area contributed by atoms with E-state index in [0.717, 1.165) is 10.6 Å². The quantitative estimate of drug-likeness (QED) is 0.661. The molecule has 19 heavy (non-hydrogen) atoms. The molecule has 1 heterocycles. The van der Waals surface area contributed by atoms with E-state index in [1.54, 1.807) is 0 Å². The van der Waals surface area contributed by atoms with Crippen LogP contribution < -0.4 is 0 Å². The maximum Gasteiger partial charge on any atom is 0.389 e. The molecule has 0 aliphatic heterocycles. The maximum absolute atomic E-state index is 13.6. The Balaban J connectivity index is 2.35. The average Bonchev–Trinajstić information content (AvgIpc) is 2.60. The van der Waals surface area contributed by atoms with Gasteiger partial charge in [0.1, 0.15) is 5.52 Å². The minimum absolute atomic E-state index is 0.0710. The van der Waals surface area contributed by atoms with Gasteiger partial charge in [-0.05, 0) is 30.8 Å². The number of fused-ring (bicyclic) bond motifs is 1. The number of halogens is 5. The molecule has 0 unspecified atom stereocenters. The largest absolute Gasteiger partial charge is 0.389 e. The van der Waals surface area contributed by atoms with Crippen molar-refractivity contribution in [2.45, 2.75) is 25.6 Å². The van der Waals surface area contributed by atoms with E-state index in [4.69, 9.17) is 12.2 Å². The molecule has 0 saturated heterocycles. The Morgan fingerprint density at radius 3 is 2.53 bits per heavy atom. The molecule has 104 valence electrons. The summed E-state index contributed by atoms with van der Waals surface area (Å²) in [5, 5.41) is 0. The summed E-state index contributed by atoms with van der Waals surface area (Å²) in [4.78, 5) is 2.63. The number of benzene rings is 1. The van der Waals surface area contributed by atoms with E-state index in [2.05, 4.69) is 4.98 Å². The van der Waals surface area contributed by atoms with Crippen LogP contribution >= 0.6 is 12.2 Å². The third-order valence-corrected chi connectivity index (χ3v) is 2.99. The average molecular weight is 296 g/mol. The lowest BCUT2D eigenvalue weighted by molar-refractivity contribution is -0.135. The molecule has 1 aromatic carbocycles. The van der Waals surface area contributed by atoms with Crippen molar-refractivity contribution in [1.82, 2.24) is 9.55 Å². The third kappa shape index (κ3) is 2.94. The van der Waals surface area contributed by atoms with Crippen molar-refractivity contribution in [2.75, 3.05) is 0 Å². The number of hydrogen-bond donors (Lipinski definition) is 1. The van der Waals surface area contributed by atoms with Crippen molar-refractivity contribution >= 4 is 23.3 Å². The van der Waals surface area contributed by atoms with Gasteiger partial charge in [0.15, 0.2) is 16.4 Å². The highest BCUT2D eigenvalue weighted by atomic mass is 32.1. The van der Waals surface area contributed by atoms with Crippen LogP contribution in [0.4, 0.5) is 22.0 Å². The van der Waals surface area contributed by atoms with Gasteiger partial charge in [-0.1, -0.05) is 0 Å². The summed E-state index contributed by atoms with van der Waals surface area (Å²) in [6, 6.07) is 2.23. The number of imidazole rings is 1. The summed E-state index contributed by atoms with van der Waals surface area (Å²) in [7, 11) is 0. The highest BCUT2D eigenvalue weighted by Gasteiger charge is 2.26. The molecule has 0 aliphatic carbocycles. The van der Waals surface area contributed by atoms with Crippen LogP contribution in [0.3, 0.4) is 0 Å². The van der Waals surface area contributed by atoms with Crippen LogP contribution in [0.2, 0.25) is 0 Å². The molecule has 0 atom stereocenters. The molecule has 0 bridgehead atoms. The first-order valence-corrected chi connectivity index (χ1v) is 5.83. The van der Waals surface area contributed by atoms with Crippen molar-refractivity contribution in [3.05, 3.63) is 28.5 Å². The number of aromatic amines is 1. The molecule has 2 rings (SSSR count). The number of nitrogens with zero attached hydrogens (tertiary/aromatic N) is 1. The molecule has 1 aromatic heterocycles. The normalized spacial score (nSPS) is 12.3. The van der Waals surface area contributed by atoms with Crippen LogP contribution in [-0.4, -0.2) is 15.7 Å². The van der Waals surface area contributed by atoms with Gasteiger partial charge in [0.25, 0.3) is 0 Å². The van der Waals surface area contributed by atoms with Crippen molar-refractivity contribution < 1.29 is 22.0 Å². The third-order valence-electron chi connectivity index (χ3n) is 2.67. The number of aryl methyl sites for hydroxylation is 1. The van der Waals surface area contributed by atoms with E-state index in [1.165, 1.54) is 6.07 Å². The van der Waals surface area contributed by atoms with Gasteiger partial charge in [0.05, 0.1) is 5.52 Å². The molecule has 0 fully saturated rings. The summed E-state index contributed by atoms with van der Waals surface area (Å²) < 4.78 is 64.2. The second-order valence-electron chi connectivity index (χ2n) is 4.06. The second-order valence-corrected chi connectivity index (χ2v) is 4.44. The van der Waals surface area contributed by atoms with E-state index in [9.17, 15) is 22.0 Å². The van der Waals surface area contributed by atoms with Gasteiger partial charge >= 0.3 is 6.18 Å². The Bertz CT molecular complexity index is 655. The van der Waals surface area contributed by atoms with E-state index >= 15 is 0 Å². The molecule has 0 amide bonds. The summed E-state index contributed by atoms with van der Waals surface area (Å²) >= 11 is 4.90. The van der Waals surface area contributed by atoms with E-state index < -0.39 is 24.2 Å². The lowest BCUT2D eigenvalue weighted by Crippen LogP contribution is -2.09. The minimum atomic E-state index is -4.28. The number of alkyl halides is 3. The zero-order chi connectivity index (χ0) is 14.2. The summed E-state index contributed by atoms with van der Waals surface area (Å²) in [6.07, 6.45) is -5.53. The van der Waals surface area contributed by atoms with Gasteiger partial charge in [0, 0.05) is 13.0 Å². The predicted molar refractivity (Wildman–Crippen MR) is 62.3 cm³/mol. The Hall–Kier alpha value is -1.44. The standard InChI is InChI=1S/C11H9F5N2S/c12-6-2-3-7-9(8(6)13)18(10(19)17-7)5-1-4-11(14,15)16/h2-3H,1,4-5H2,(H,17,19). The van der Waals surface area contributed by atoms with Gasteiger partial charge in [-0.25, -0.2) is 8.78 Å². The number of aromatic nitrogens is 2. The fourth-order valence-electron chi connectivity index (χ4n) is 1.84. The van der Waals surface area contributed by atoms with Crippen LogP contribution in [0.1, 0.15) is 12.8 Å². The molecule has 8 heteroatoms. The fraction of sp³-hybridized carbons (Fsp3) is 0.364. The zero-order valence-corrected chi connectivity index (χ0v) is 10.3. The van der Waals surface area contributed by atoms with E-state index in [-0.39, 0.29) is 28.8 Å². The summed E-state index contributed by atoms with van der Waals surface area (Å²) in [5.74, 6) is -2.18. The van der Waals surface area contributed by atoms with Crippen LogP contribution in [-0.2, 0) is 6.54 Å². The van der Waals surface area contributed by atoms with Gasteiger partial charge in [0.2, 0.25) is 0 Å². The van der Waals surface area contributed by atoms with Crippen LogP contribution in [0.15, 0.2) is 12.1 Å². The van der Waals surface area contributed by atoms with Crippen molar-refractivity contribution in [3.63, 3.8) is 0 Å². The van der Waals surface area contributed by atoms with Crippen LogP contribution in [0.5, 0.6) is 0 Å². The lowest BCUT2D eigenvalue weighted by atomic mass is 10.2. The van der Waals surface area contributed by atoms with E-state index in [1.807, 2.05) is 0 Å². The molecule has 0 radical (unpaired) electrons. The highest BCUT2D eigenvalue weighted by Crippen LogP contribution is 2.24. The van der Waals surface area contributed by atoms with Gasteiger partial charge in [-0.2, -0.15) is 13.2 Å². The molecular weight excluding hydrogens is 287 g/mol.